The van der Waals surface area contributed by atoms with Crippen LogP contribution in [0.3, 0.4) is 0 Å². The zero-order valence-electron chi connectivity index (χ0n) is 57.6. The van der Waals surface area contributed by atoms with Gasteiger partial charge in [0.15, 0.2) is 6.29 Å². The Balaban J connectivity index is 2.06. The van der Waals surface area contributed by atoms with Crippen molar-refractivity contribution < 1.29 is 39.8 Å². The molecule has 0 aromatic carbocycles. The van der Waals surface area contributed by atoms with E-state index in [0.29, 0.717) is 12.8 Å². The molecule has 7 atom stereocenters. The van der Waals surface area contributed by atoms with E-state index in [1.165, 1.54) is 353 Å². The molecule has 0 bridgehead atoms. The molecule has 86 heavy (non-hydrogen) atoms. The van der Waals surface area contributed by atoms with E-state index in [9.17, 15) is 30.3 Å². The van der Waals surface area contributed by atoms with Crippen LogP contribution in [0.5, 0.6) is 0 Å². The van der Waals surface area contributed by atoms with Crippen molar-refractivity contribution >= 4 is 5.91 Å². The average Bonchev–Trinajstić information content (AvgIpc) is 3.59. The summed E-state index contributed by atoms with van der Waals surface area (Å²) < 4.78 is 11.4. The van der Waals surface area contributed by atoms with Crippen LogP contribution in [0.25, 0.3) is 0 Å². The minimum absolute atomic E-state index is 0.132. The lowest BCUT2D eigenvalue weighted by atomic mass is 9.99. The monoisotopic (exact) mass is 1220 g/mol. The standard InChI is InChI=1S/C77H151NO8/c1-3-5-7-9-11-13-15-17-19-21-23-25-27-29-31-33-35-37-38-40-42-44-46-48-50-52-54-56-58-60-62-64-66-71(80)70(69-85-77-76(84)75(83)74(82)72(68-79)86-77)78-73(81)67-65-63-61-59-57-55-53-51-49-47-45-43-41-39-36-34-32-30-28-26-24-22-20-18-16-14-12-10-8-6-4-2/h22,24,70-72,74-77,79-80,82-84H,3-21,23,25-69H2,1-2H3,(H,78,81)/b24-22-. The first-order chi connectivity index (χ1) is 42.3. The summed E-state index contributed by atoms with van der Waals surface area (Å²) in [5.74, 6) is -0.133. The lowest BCUT2D eigenvalue weighted by Gasteiger charge is -2.40. The molecule has 0 spiro atoms. The third-order valence-electron chi connectivity index (χ3n) is 19.1. The smallest absolute Gasteiger partial charge is 0.220 e. The van der Waals surface area contributed by atoms with E-state index < -0.39 is 49.5 Å². The second-order valence-corrected chi connectivity index (χ2v) is 27.5. The summed E-state index contributed by atoms with van der Waals surface area (Å²) >= 11 is 0. The second kappa shape index (κ2) is 66.8. The molecule has 1 aliphatic rings. The van der Waals surface area contributed by atoms with Gasteiger partial charge in [0.05, 0.1) is 25.4 Å². The quantitative estimate of drug-likeness (QED) is 0.0261. The molecule has 0 aromatic heterocycles. The fourth-order valence-corrected chi connectivity index (χ4v) is 13.0. The molecule has 1 saturated heterocycles. The Hall–Kier alpha value is -1.07. The fraction of sp³-hybridized carbons (Fsp3) is 0.961. The highest BCUT2D eigenvalue weighted by atomic mass is 16.7. The number of amides is 1. The topological polar surface area (TPSA) is 149 Å². The normalized spacial score (nSPS) is 18.0. The fourth-order valence-electron chi connectivity index (χ4n) is 13.0. The van der Waals surface area contributed by atoms with E-state index in [0.717, 1.165) is 38.5 Å². The van der Waals surface area contributed by atoms with Crippen molar-refractivity contribution in [3.63, 3.8) is 0 Å². The van der Waals surface area contributed by atoms with Gasteiger partial charge in [-0.2, -0.15) is 0 Å². The van der Waals surface area contributed by atoms with Gasteiger partial charge in [0.2, 0.25) is 5.91 Å². The van der Waals surface area contributed by atoms with Gasteiger partial charge in [-0.15, -0.1) is 0 Å². The molecule has 0 aromatic rings. The summed E-state index contributed by atoms with van der Waals surface area (Å²) in [6.07, 6.45) is 80.3. The van der Waals surface area contributed by atoms with Crippen LogP contribution in [0.2, 0.25) is 0 Å². The summed E-state index contributed by atoms with van der Waals surface area (Å²) in [5.41, 5.74) is 0. The third-order valence-corrected chi connectivity index (χ3v) is 19.1. The van der Waals surface area contributed by atoms with E-state index >= 15 is 0 Å². The van der Waals surface area contributed by atoms with Gasteiger partial charge < -0.3 is 40.3 Å². The molecule has 1 fully saturated rings. The highest BCUT2D eigenvalue weighted by molar-refractivity contribution is 5.76. The van der Waals surface area contributed by atoms with Gasteiger partial charge in [-0.05, 0) is 38.5 Å². The number of ether oxygens (including phenoxy) is 2. The van der Waals surface area contributed by atoms with E-state index in [-0.39, 0.29) is 12.5 Å². The summed E-state index contributed by atoms with van der Waals surface area (Å²) in [4.78, 5) is 13.2. The van der Waals surface area contributed by atoms with Crippen LogP contribution >= 0.6 is 0 Å². The predicted molar refractivity (Wildman–Crippen MR) is 369 cm³/mol. The first kappa shape index (κ1) is 82.9. The van der Waals surface area contributed by atoms with Crippen molar-refractivity contribution in [2.45, 2.75) is 461 Å². The molecule has 0 saturated carbocycles. The van der Waals surface area contributed by atoms with Gasteiger partial charge >= 0.3 is 0 Å². The molecule has 0 aliphatic carbocycles. The summed E-state index contributed by atoms with van der Waals surface area (Å²) in [7, 11) is 0. The van der Waals surface area contributed by atoms with Gasteiger partial charge in [0.1, 0.15) is 24.4 Å². The maximum Gasteiger partial charge on any atom is 0.220 e. The number of aliphatic hydroxyl groups is 5. The Morgan fingerprint density at radius 3 is 0.942 bits per heavy atom. The highest BCUT2D eigenvalue weighted by Crippen LogP contribution is 2.24. The number of carbonyl (C=O) groups is 1. The number of hydrogen-bond acceptors (Lipinski definition) is 8. The number of nitrogens with one attached hydrogen (secondary N) is 1. The number of aliphatic hydroxyl groups excluding tert-OH is 5. The minimum Gasteiger partial charge on any atom is -0.394 e. The van der Waals surface area contributed by atoms with E-state index in [4.69, 9.17) is 9.47 Å². The van der Waals surface area contributed by atoms with Crippen LogP contribution < -0.4 is 5.32 Å². The van der Waals surface area contributed by atoms with Crippen LogP contribution in [0.15, 0.2) is 12.2 Å². The lowest BCUT2D eigenvalue weighted by Crippen LogP contribution is -2.60. The molecule has 512 valence electrons. The Morgan fingerprint density at radius 2 is 0.651 bits per heavy atom. The molecule has 0 radical (unpaired) electrons. The van der Waals surface area contributed by atoms with Crippen molar-refractivity contribution in [1.29, 1.82) is 0 Å². The van der Waals surface area contributed by atoms with Crippen LogP contribution in [0, 0.1) is 0 Å². The molecule has 7 unspecified atom stereocenters. The molecule has 9 nitrogen and oxygen atoms in total. The van der Waals surface area contributed by atoms with E-state index in [1.54, 1.807) is 0 Å². The van der Waals surface area contributed by atoms with Crippen LogP contribution in [0.4, 0.5) is 0 Å². The molecule has 1 heterocycles. The van der Waals surface area contributed by atoms with Crippen molar-refractivity contribution in [2.24, 2.45) is 0 Å². The number of unbranched alkanes of at least 4 members (excludes halogenated alkanes) is 58. The predicted octanol–water partition coefficient (Wildman–Crippen LogP) is 21.8. The number of hydrogen-bond donors (Lipinski definition) is 6. The van der Waals surface area contributed by atoms with Crippen molar-refractivity contribution in [3.05, 3.63) is 12.2 Å². The van der Waals surface area contributed by atoms with Crippen LogP contribution in [0.1, 0.15) is 418 Å². The van der Waals surface area contributed by atoms with E-state index in [1.807, 2.05) is 0 Å². The molecular formula is C77H151NO8. The largest absolute Gasteiger partial charge is 0.394 e. The molecule has 9 heteroatoms. The molecule has 1 rings (SSSR count). The van der Waals surface area contributed by atoms with Gasteiger partial charge in [0, 0.05) is 6.42 Å². The third kappa shape index (κ3) is 54.6. The van der Waals surface area contributed by atoms with Crippen molar-refractivity contribution in [3.8, 4) is 0 Å². The van der Waals surface area contributed by atoms with Gasteiger partial charge in [-0.3, -0.25) is 4.79 Å². The summed E-state index contributed by atoms with van der Waals surface area (Å²) in [6, 6.07) is -0.718. The van der Waals surface area contributed by atoms with E-state index in [2.05, 4.69) is 31.3 Å². The van der Waals surface area contributed by atoms with Gasteiger partial charge in [0.25, 0.3) is 0 Å². The first-order valence-electron chi connectivity index (χ1n) is 38.9. The lowest BCUT2D eigenvalue weighted by molar-refractivity contribution is -0.302. The minimum atomic E-state index is -1.55. The second-order valence-electron chi connectivity index (χ2n) is 27.5. The Kier molecular flexibility index (Phi) is 64.5. The Labute approximate surface area is 535 Å². The first-order valence-corrected chi connectivity index (χ1v) is 38.9. The number of rotatable bonds is 70. The van der Waals surface area contributed by atoms with Crippen LogP contribution in [-0.4, -0.2) is 87.5 Å². The van der Waals surface area contributed by atoms with Crippen LogP contribution in [-0.2, 0) is 14.3 Å². The molecule has 6 N–H and O–H groups in total. The molecule has 1 aliphatic heterocycles. The summed E-state index contributed by atoms with van der Waals surface area (Å²) in [5, 5.41) is 55.1. The Morgan fingerprint density at radius 1 is 0.384 bits per heavy atom. The summed E-state index contributed by atoms with van der Waals surface area (Å²) in [6.45, 7) is 3.91. The maximum atomic E-state index is 13.2. The Bertz CT molecular complexity index is 1360. The molecular weight excluding hydrogens is 1070 g/mol. The van der Waals surface area contributed by atoms with Crippen molar-refractivity contribution in [1.82, 2.24) is 5.32 Å². The average molecular weight is 1220 g/mol. The SMILES string of the molecule is CCCCCCCCCC/C=C\CCCCCCCCCCCCCCCCCCCCCC(=O)NC(COC1OC(CO)C(O)C(O)C1O)C(O)CCCCCCCCCCCCCCCCCCCCCCCCCCCCCCCCCC. The number of allylic oxidation sites excluding steroid dienone is 2. The van der Waals surface area contributed by atoms with Gasteiger partial charge in [-0.25, -0.2) is 0 Å². The van der Waals surface area contributed by atoms with Gasteiger partial charge in [-0.1, -0.05) is 386 Å². The van der Waals surface area contributed by atoms with Crippen molar-refractivity contribution in [2.75, 3.05) is 13.2 Å². The zero-order chi connectivity index (χ0) is 62.1. The maximum absolute atomic E-state index is 13.2. The zero-order valence-corrected chi connectivity index (χ0v) is 57.6. The highest BCUT2D eigenvalue weighted by Gasteiger charge is 2.44. The molecule has 1 amide bonds. The number of carbonyl (C=O) groups excluding carboxylic acids is 1.